The molecule has 0 amide bonds. The smallest absolute Gasteiger partial charge is 0.0172 e. The number of nitrogens with one attached hydrogen (secondary N) is 1. The molecule has 2 saturated carbocycles. The van der Waals surface area contributed by atoms with Gasteiger partial charge >= 0.3 is 0 Å². The van der Waals surface area contributed by atoms with E-state index >= 15 is 0 Å². The average Bonchev–Trinajstić information content (AvgIpc) is 2.30. The van der Waals surface area contributed by atoms with Gasteiger partial charge in [0.05, 0.1) is 0 Å². The molecule has 88 valence electrons. The lowest BCUT2D eigenvalue weighted by molar-refractivity contribution is 0.188. The summed E-state index contributed by atoms with van der Waals surface area (Å²) in [6, 6.07) is 0.808. The minimum absolute atomic E-state index is 0.808. The van der Waals surface area contributed by atoms with E-state index in [-0.39, 0.29) is 0 Å². The first-order valence-electron chi connectivity index (χ1n) is 6.30. The third-order valence-corrected chi connectivity index (χ3v) is 6.42. The van der Waals surface area contributed by atoms with Crippen LogP contribution in [0.2, 0.25) is 0 Å². The molecule has 0 radical (unpaired) electrons. The van der Waals surface area contributed by atoms with E-state index in [9.17, 15) is 0 Å². The van der Waals surface area contributed by atoms with Crippen molar-refractivity contribution in [3.05, 3.63) is 0 Å². The largest absolute Gasteiger partial charge is 0.258 e. The topological polar surface area (TPSA) is 12.0 Å². The molecule has 0 aromatic carbocycles. The third-order valence-electron chi connectivity index (χ3n) is 4.29. The molecule has 3 heteroatoms. The van der Waals surface area contributed by atoms with E-state index in [4.69, 9.17) is 0 Å². The van der Waals surface area contributed by atoms with Crippen LogP contribution in [-0.4, -0.2) is 9.97 Å². The Kier molecular flexibility index (Phi) is 5.47. The first-order valence-corrected chi connectivity index (χ1v) is 8.62. The molecule has 0 unspecified atom stereocenters. The monoisotopic (exact) mass is 433 g/mol. The summed E-state index contributed by atoms with van der Waals surface area (Å²) in [4.78, 5) is 0. The van der Waals surface area contributed by atoms with Gasteiger partial charge in [0.15, 0.2) is 0 Å². The highest BCUT2D eigenvalue weighted by Crippen LogP contribution is 2.39. The molecule has 15 heavy (non-hydrogen) atoms. The Labute approximate surface area is 121 Å². The molecule has 0 aromatic heterocycles. The van der Waals surface area contributed by atoms with Crippen LogP contribution in [0.5, 0.6) is 0 Å². The fraction of sp³-hybridized carbons (Fsp3) is 1.00. The van der Waals surface area contributed by atoms with Crippen molar-refractivity contribution in [2.24, 2.45) is 11.8 Å². The molecule has 2 aliphatic carbocycles. The highest BCUT2D eigenvalue weighted by atomic mass is 127. The predicted molar refractivity (Wildman–Crippen MR) is 82.7 cm³/mol. The predicted octanol–water partition coefficient (Wildman–Crippen LogP) is 4.48. The van der Waals surface area contributed by atoms with E-state index < -0.39 is 0 Å². The van der Waals surface area contributed by atoms with Gasteiger partial charge < -0.3 is 0 Å². The van der Waals surface area contributed by atoms with Crippen LogP contribution in [0.15, 0.2) is 0 Å². The maximum absolute atomic E-state index is 3.40. The van der Waals surface area contributed by atoms with E-state index in [1.807, 2.05) is 0 Å². The van der Waals surface area contributed by atoms with Gasteiger partial charge in [-0.2, -0.15) is 0 Å². The van der Waals surface area contributed by atoms with Gasteiger partial charge in [-0.3, -0.25) is 3.53 Å². The van der Waals surface area contributed by atoms with Crippen LogP contribution in [0, 0.1) is 11.8 Å². The number of alkyl halides is 1. The zero-order valence-electron chi connectivity index (χ0n) is 9.22. The molecule has 0 atom stereocenters. The summed E-state index contributed by atoms with van der Waals surface area (Å²) in [6.45, 7) is 0. The molecule has 1 N–H and O–H groups in total. The standard InChI is InChI=1S/C12H21I2N/c13-11-5-1-9(2-6-11)10-3-7-12(15-14)8-4-10/h9-12,15H,1-8H2. The normalized spacial score (nSPS) is 42.8. The second kappa shape index (κ2) is 6.38. The van der Waals surface area contributed by atoms with Crippen LogP contribution in [0.1, 0.15) is 51.4 Å². The van der Waals surface area contributed by atoms with Crippen LogP contribution in [0.4, 0.5) is 0 Å². The van der Waals surface area contributed by atoms with Crippen molar-refractivity contribution in [1.82, 2.24) is 3.53 Å². The van der Waals surface area contributed by atoms with Gasteiger partial charge in [-0.05, 0) is 63.2 Å². The highest BCUT2D eigenvalue weighted by molar-refractivity contribution is 14.1. The molecule has 0 saturated heterocycles. The van der Waals surface area contributed by atoms with Crippen molar-refractivity contribution in [2.75, 3.05) is 0 Å². The number of halogens is 2. The number of rotatable bonds is 2. The third kappa shape index (κ3) is 3.69. The van der Waals surface area contributed by atoms with Gasteiger partial charge in [0, 0.05) is 32.8 Å². The molecule has 2 aliphatic rings. The molecular formula is C12H21I2N. The van der Waals surface area contributed by atoms with E-state index in [0.29, 0.717) is 0 Å². The molecule has 1 nitrogen and oxygen atoms in total. The molecule has 2 fully saturated rings. The lowest BCUT2D eigenvalue weighted by atomic mass is 9.72. The van der Waals surface area contributed by atoms with E-state index in [1.54, 1.807) is 0 Å². The molecular weight excluding hydrogens is 412 g/mol. The zero-order valence-corrected chi connectivity index (χ0v) is 13.5. The Morgan fingerprint density at radius 3 is 1.67 bits per heavy atom. The summed E-state index contributed by atoms with van der Waals surface area (Å²) in [5.41, 5.74) is 0. The summed E-state index contributed by atoms with van der Waals surface area (Å²) in [6.07, 6.45) is 11.8. The Hall–Kier alpha value is 1.42. The second-order valence-electron chi connectivity index (χ2n) is 5.23. The lowest BCUT2D eigenvalue weighted by Crippen LogP contribution is -2.31. The Morgan fingerprint density at radius 1 is 0.733 bits per heavy atom. The van der Waals surface area contributed by atoms with E-state index in [1.165, 1.54) is 51.4 Å². The van der Waals surface area contributed by atoms with Gasteiger partial charge in [0.1, 0.15) is 0 Å². The fourth-order valence-corrected chi connectivity index (χ4v) is 4.59. The fourth-order valence-electron chi connectivity index (χ4n) is 3.25. The molecule has 0 aromatic rings. The molecule has 2 rings (SSSR count). The maximum atomic E-state index is 3.40. The minimum atomic E-state index is 0.808. The number of hydrogen-bond acceptors (Lipinski definition) is 1. The van der Waals surface area contributed by atoms with Gasteiger partial charge in [-0.15, -0.1) is 0 Å². The summed E-state index contributed by atoms with van der Waals surface area (Å²) < 4.78 is 4.38. The summed E-state index contributed by atoms with van der Waals surface area (Å²) in [5, 5.41) is 0. The molecule has 0 spiro atoms. The maximum Gasteiger partial charge on any atom is 0.0172 e. The van der Waals surface area contributed by atoms with Gasteiger partial charge in [0.2, 0.25) is 0 Å². The van der Waals surface area contributed by atoms with Crippen LogP contribution in [-0.2, 0) is 0 Å². The SMILES string of the molecule is INC1CCC(C2CCC(I)CC2)CC1. The van der Waals surface area contributed by atoms with Gasteiger partial charge in [0.25, 0.3) is 0 Å². The Morgan fingerprint density at radius 2 is 1.20 bits per heavy atom. The Bertz CT molecular complexity index is 182. The molecule has 0 bridgehead atoms. The average molecular weight is 433 g/mol. The van der Waals surface area contributed by atoms with Gasteiger partial charge in [-0.25, -0.2) is 0 Å². The summed E-state index contributed by atoms with van der Waals surface area (Å²) in [7, 11) is 0. The van der Waals surface area contributed by atoms with Crippen molar-refractivity contribution < 1.29 is 0 Å². The van der Waals surface area contributed by atoms with Crippen LogP contribution >= 0.6 is 45.5 Å². The van der Waals surface area contributed by atoms with Crippen molar-refractivity contribution in [3.63, 3.8) is 0 Å². The first kappa shape index (κ1) is 12.9. The van der Waals surface area contributed by atoms with Gasteiger partial charge in [-0.1, -0.05) is 22.6 Å². The second-order valence-corrected chi connectivity index (χ2v) is 7.62. The van der Waals surface area contributed by atoms with Crippen LogP contribution < -0.4 is 3.53 Å². The Balaban J connectivity index is 1.75. The minimum Gasteiger partial charge on any atom is -0.258 e. The van der Waals surface area contributed by atoms with Crippen molar-refractivity contribution in [1.29, 1.82) is 0 Å². The van der Waals surface area contributed by atoms with Crippen molar-refractivity contribution >= 4 is 45.5 Å². The van der Waals surface area contributed by atoms with Crippen molar-refractivity contribution in [3.8, 4) is 0 Å². The first-order chi connectivity index (χ1) is 7.29. The van der Waals surface area contributed by atoms with Crippen LogP contribution in [0.25, 0.3) is 0 Å². The quantitative estimate of drug-likeness (QED) is 0.385. The number of hydrogen-bond donors (Lipinski definition) is 1. The lowest BCUT2D eigenvalue weighted by Gasteiger charge is -2.36. The van der Waals surface area contributed by atoms with Crippen LogP contribution in [0.3, 0.4) is 0 Å². The highest BCUT2D eigenvalue weighted by Gasteiger charge is 2.29. The molecule has 0 heterocycles. The molecule has 0 aliphatic heterocycles. The summed E-state index contributed by atoms with van der Waals surface area (Å²) in [5.74, 6) is 2.14. The van der Waals surface area contributed by atoms with E-state index in [0.717, 1.165) is 21.8 Å². The van der Waals surface area contributed by atoms with Crippen molar-refractivity contribution in [2.45, 2.75) is 61.3 Å². The summed E-state index contributed by atoms with van der Waals surface area (Å²) >= 11 is 4.96. The zero-order chi connectivity index (χ0) is 10.7. The van der Waals surface area contributed by atoms with E-state index in [2.05, 4.69) is 49.0 Å².